The molecule has 0 aliphatic carbocycles. The van der Waals surface area contributed by atoms with Crippen molar-refractivity contribution in [3.63, 3.8) is 0 Å². The number of hydrogen-bond acceptors (Lipinski definition) is 7. The molecule has 1 aliphatic heterocycles. The van der Waals surface area contributed by atoms with Crippen LogP contribution in [0.4, 0.5) is 5.95 Å². The maximum atomic E-state index is 5.07. The topological polar surface area (TPSA) is 85.8 Å². The highest BCUT2D eigenvalue weighted by molar-refractivity contribution is 5.40. The molecule has 4 rings (SSSR count). The molecule has 1 aromatic carbocycles. The van der Waals surface area contributed by atoms with Gasteiger partial charge in [0.05, 0.1) is 5.69 Å². The second-order valence-corrected chi connectivity index (χ2v) is 6.11. The van der Waals surface area contributed by atoms with E-state index >= 15 is 0 Å². The average Bonchev–Trinajstić information content (AvgIpc) is 3.25. The zero-order valence-electron chi connectivity index (χ0n) is 13.5. The van der Waals surface area contributed by atoms with E-state index in [-0.39, 0.29) is 0 Å². The monoisotopic (exact) mass is 325 g/mol. The molecule has 0 bridgehead atoms. The smallest absolute Gasteiger partial charge is 0.250 e. The number of tetrazole rings is 1. The number of aromatic nitrogens is 6. The summed E-state index contributed by atoms with van der Waals surface area (Å²) in [5.74, 6) is 2.65. The molecule has 0 amide bonds. The molecule has 0 spiro atoms. The van der Waals surface area contributed by atoms with Crippen LogP contribution in [0.15, 0.2) is 34.9 Å². The lowest BCUT2D eigenvalue weighted by Crippen LogP contribution is -2.38. The Hall–Kier alpha value is -2.77. The van der Waals surface area contributed by atoms with Crippen LogP contribution in [0.25, 0.3) is 5.69 Å². The molecule has 1 atom stereocenters. The SMILES string of the molecule is Cc1nc(C[C@H]2CCCN(c3nnnn3-c3ccccc3)C2)no1. The summed E-state index contributed by atoms with van der Waals surface area (Å²) in [5.41, 5.74) is 0.966. The van der Waals surface area contributed by atoms with Crippen LogP contribution < -0.4 is 4.90 Å². The largest absolute Gasteiger partial charge is 0.340 e. The molecule has 1 fully saturated rings. The van der Waals surface area contributed by atoms with Gasteiger partial charge in [0.25, 0.3) is 0 Å². The first kappa shape index (κ1) is 14.8. The maximum Gasteiger partial charge on any atom is 0.250 e. The second kappa shape index (κ2) is 6.38. The first-order valence-corrected chi connectivity index (χ1v) is 8.17. The van der Waals surface area contributed by atoms with E-state index in [1.807, 2.05) is 37.3 Å². The standard InChI is InChI=1S/C16H19N7O/c1-12-17-15(19-24-12)10-13-6-5-9-22(11-13)16-18-20-21-23(16)14-7-3-2-4-8-14/h2-4,7-8,13H,5-6,9-11H2,1H3/t13-/m1/s1. The van der Waals surface area contributed by atoms with Gasteiger partial charge in [-0.3, -0.25) is 0 Å². The van der Waals surface area contributed by atoms with Crippen LogP contribution in [0, 0.1) is 12.8 Å². The summed E-state index contributed by atoms with van der Waals surface area (Å²) in [4.78, 5) is 6.56. The van der Waals surface area contributed by atoms with Crippen LogP contribution in [0.3, 0.4) is 0 Å². The van der Waals surface area contributed by atoms with Crippen molar-refractivity contribution in [2.24, 2.45) is 5.92 Å². The van der Waals surface area contributed by atoms with Gasteiger partial charge in [0.2, 0.25) is 11.8 Å². The number of anilines is 1. The zero-order chi connectivity index (χ0) is 16.4. The van der Waals surface area contributed by atoms with Crippen LogP contribution >= 0.6 is 0 Å². The summed E-state index contributed by atoms with van der Waals surface area (Å²) in [5, 5.41) is 16.3. The third-order valence-corrected chi connectivity index (χ3v) is 4.30. The summed E-state index contributed by atoms with van der Waals surface area (Å²) < 4.78 is 6.86. The van der Waals surface area contributed by atoms with Gasteiger partial charge in [-0.15, -0.1) is 0 Å². The van der Waals surface area contributed by atoms with Crippen molar-refractivity contribution in [3.8, 4) is 5.69 Å². The molecule has 0 N–H and O–H groups in total. The number of nitrogens with zero attached hydrogens (tertiary/aromatic N) is 7. The summed E-state index contributed by atoms with van der Waals surface area (Å²) in [6, 6.07) is 9.96. The fraction of sp³-hybridized carbons (Fsp3) is 0.438. The first-order chi connectivity index (χ1) is 11.8. The molecule has 2 aromatic heterocycles. The van der Waals surface area contributed by atoms with Crippen molar-refractivity contribution in [2.75, 3.05) is 18.0 Å². The lowest BCUT2D eigenvalue weighted by molar-refractivity contribution is 0.368. The Balaban J connectivity index is 1.52. The van der Waals surface area contributed by atoms with E-state index < -0.39 is 0 Å². The molecule has 3 aromatic rings. The molecule has 1 saturated heterocycles. The Morgan fingerprint density at radius 2 is 2.12 bits per heavy atom. The van der Waals surface area contributed by atoms with E-state index in [0.717, 1.165) is 49.8 Å². The van der Waals surface area contributed by atoms with Crippen LogP contribution in [0.5, 0.6) is 0 Å². The Labute approximate surface area is 139 Å². The van der Waals surface area contributed by atoms with Crippen molar-refractivity contribution in [2.45, 2.75) is 26.2 Å². The summed E-state index contributed by atoms with van der Waals surface area (Å²) >= 11 is 0. The van der Waals surface area contributed by atoms with Crippen LogP contribution in [-0.4, -0.2) is 43.4 Å². The summed E-state index contributed by atoms with van der Waals surface area (Å²) in [6.07, 6.45) is 3.07. The number of hydrogen-bond donors (Lipinski definition) is 0. The Morgan fingerprint density at radius 3 is 2.92 bits per heavy atom. The Bertz CT molecular complexity index is 798. The predicted molar refractivity (Wildman–Crippen MR) is 86.8 cm³/mol. The summed E-state index contributed by atoms with van der Waals surface area (Å²) in [7, 11) is 0. The molecule has 0 unspecified atom stereocenters. The Morgan fingerprint density at radius 1 is 1.25 bits per heavy atom. The van der Waals surface area contributed by atoms with Crippen molar-refractivity contribution >= 4 is 5.95 Å². The third-order valence-electron chi connectivity index (χ3n) is 4.30. The number of para-hydroxylation sites is 1. The van der Waals surface area contributed by atoms with E-state index in [2.05, 4.69) is 30.6 Å². The van der Waals surface area contributed by atoms with E-state index in [0.29, 0.717) is 11.8 Å². The van der Waals surface area contributed by atoms with Gasteiger partial charge < -0.3 is 9.42 Å². The van der Waals surface area contributed by atoms with Gasteiger partial charge in [-0.1, -0.05) is 28.5 Å². The van der Waals surface area contributed by atoms with Crippen molar-refractivity contribution < 1.29 is 4.52 Å². The number of aryl methyl sites for hydroxylation is 1. The maximum absolute atomic E-state index is 5.07. The van der Waals surface area contributed by atoms with Gasteiger partial charge in [0.1, 0.15) is 0 Å². The summed E-state index contributed by atoms with van der Waals surface area (Å²) in [6.45, 7) is 3.66. The predicted octanol–water partition coefficient (Wildman–Crippen LogP) is 1.81. The highest BCUT2D eigenvalue weighted by Crippen LogP contribution is 2.24. The van der Waals surface area contributed by atoms with Gasteiger partial charge in [0, 0.05) is 26.4 Å². The molecular formula is C16H19N7O. The lowest BCUT2D eigenvalue weighted by atomic mass is 9.95. The number of rotatable bonds is 4. The second-order valence-electron chi connectivity index (χ2n) is 6.11. The average molecular weight is 325 g/mol. The van der Waals surface area contributed by atoms with E-state index in [4.69, 9.17) is 4.52 Å². The minimum absolute atomic E-state index is 0.469. The quantitative estimate of drug-likeness (QED) is 0.723. The molecule has 0 radical (unpaired) electrons. The van der Waals surface area contributed by atoms with Crippen LogP contribution in [0.2, 0.25) is 0 Å². The highest BCUT2D eigenvalue weighted by atomic mass is 16.5. The molecule has 8 heteroatoms. The molecular weight excluding hydrogens is 306 g/mol. The van der Waals surface area contributed by atoms with E-state index in [1.165, 1.54) is 0 Å². The number of piperidine rings is 1. The Kier molecular flexibility index (Phi) is 3.94. The molecule has 24 heavy (non-hydrogen) atoms. The molecule has 0 saturated carbocycles. The highest BCUT2D eigenvalue weighted by Gasteiger charge is 2.25. The van der Waals surface area contributed by atoms with Crippen LogP contribution in [-0.2, 0) is 6.42 Å². The third kappa shape index (κ3) is 2.99. The van der Waals surface area contributed by atoms with Crippen molar-refractivity contribution in [1.29, 1.82) is 0 Å². The van der Waals surface area contributed by atoms with Crippen LogP contribution in [0.1, 0.15) is 24.6 Å². The van der Waals surface area contributed by atoms with Gasteiger partial charge >= 0.3 is 0 Å². The first-order valence-electron chi connectivity index (χ1n) is 8.17. The normalized spacial score (nSPS) is 18.0. The van der Waals surface area contributed by atoms with Gasteiger partial charge in [-0.25, -0.2) is 0 Å². The molecule has 3 heterocycles. The minimum atomic E-state index is 0.469. The van der Waals surface area contributed by atoms with Gasteiger partial charge in [-0.2, -0.15) is 9.67 Å². The molecule has 1 aliphatic rings. The van der Waals surface area contributed by atoms with Crippen molar-refractivity contribution in [3.05, 3.63) is 42.0 Å². The lowest BCUT2D eigenvalue weighted by Gasteiger charge is -2.32. The van der Waals surface area contributed by atoms with Gasteiger partial charge in [-0.05, 0) is 41.3 Å². The zero-order valence-corrected chi connectivity index (χ0v) is 13.5. The number of benzene rings is 1. The molecule has 8 nitrogen and oxygen atoms in total. The van der Waals surface area contributed by atoms with Gasteiger partial charge in [0.15, 0.2) is 5.82 Å². The van der Waals surface area contributed by atoms with Crippen molar-refractivity contribution in [1.82, 2.24) is 30.3 Å². The van der Waals surface area contributed by atoms with E-state index in [1.54, 1.807) is 4.68 Å². The van der Waals surface area contributed by atoms with E-state index in [9.17, 15) is 0 Å². The minimum Gasteiger partial charge on any atom is -0.340 e. The fourth-order valence-electron chi connectivity index (χ4n) is 3.21. The fourth-order valence-corrected chi connectivity index (χ4v) is 3.21. The molecule has 124 valence electrons.